The minimum absolute atomic E-state index is 0.324. The van der Waals surface area contributed by atoms with Gasteiger partial charge in [-0.25, -0.2) is 0 Å². The summed E-state index contributed by atoms with van der Waals surface area (Å²) < 4.78 is 0. The maximum atomic E-state index is 8.44. The lowest BCUT2D eigenvalue weighted by molar-refractivity contribution is 0.284. The quantitative estimate of drug-likeness (QED) is 0.542. The van der Waals surface area contributed by atoms with Gasteiger partial charge in [0.25, 0.3) is 0 Å². The van der Waals surface area contributed by atoms with Crippen molar-refractivity contribution in [3.63, 3.8) is 0 Å². The van der Waals surface area contributed by atoms with Gasteiger partial charge in [-0.15, -0.1) is 0 Å². The normalized spacial score (nSPS) is 10.2. The molecule has 0 aliphatic rings. The maximum absolute atomic E-state index is 8.44. The third-order valence-corrected chi connectivity index (χ3v) is 1.86. The van der Waals surface area contributed by atoms with Crippen molar-refractivity contribution in [2.45, 2.75) is 12.8 Å². The van der Waals surface area contributed by atoms with Crippen LogP contribution in [0, 0.1) is 0 Å². The zero-order valence-corrected chi connectivity index (χ0v) is 7.41. The highest BCUT2D eigenvalue weighted by Gasteiger charge is 1.86. The molecule has 10 heavy (non-hydrogen) atoms. The highest BCUT2D eigenvalue weighted by Crippen LogP contribution is 1.88. The molecule has 2 N–H and O–H groups in total. The van der Waals surface area contributed by atoms with Crippen molar-refractivity contribution in [2.24, 2.45) is 0 Å². The summed E-state index contributed by atoms with van der Waals surface area (Å²) >= 11 is 1.85. The Morgan fingerprint density at radius 3 is 2.70 bits per heavy atom. The Morgan fingerprint density at radius 1 is 1.30 bits per heavy atom. The number of nitrogens with one attached hydrogen (secondary N) is 1. The third-order valence-electron chi connectivity index (χ3n) is 1.24. The fraction of sp³-hybridized carbons (Fsp3) is 1.00. The van der Waals surface area contributed by atoms with E-state index in [1.165, 1.54) is 5.75 Å². The van der Waals surface area contributed by atoms with Gasteiger partial charge in [0.2, 0.25) is 0 Å². The van der Waals surface area contributed by atoms with Crippen LogP contribution in [0.25, 0.3) is 0 Å². The molecule has 0 radical (unpaired) electrons. The average molecular weight is 163 g/mol. The molecule has 0 aromatic rings. The van der Waals surface area contributed by atoms with Gasteiger partial charge in [0.05, 0.1) is 0 Å². The van der Waals surface area contributed by atoms with Crippen molar-refractivity contribution < 1.29 is 5.11 Å². The van der Waals surface area contributed by atoms with Gasteiger partial charge < -0.3 is 10.4 Å². The van der Waals surface area contributed by atoms with Crippen LogP contribution in [0.2, 0.25) is 0 Å². The van der Waals surface area contributed by atoms with Gasteiger partial charge in [0.15, 0.2) is 0 Å². The van der Waals surface area contributed by atoms with E-state index in [1.807, 2.05) is 11.8 Å². The molecule has 3 heteroatoms. The van der Waals surface area contributed by atoms with Crippen LogP contribution in [0.3, 0.4) is 0 Å². The first-order valence-electron chi connectivity index (χ1n) is 3.72. The molecule has 0 heterocycles. The van der Waals surface area contributed by atoms with E-state index in [0.717, 1.165) is 25.9 Å². The van der Waals surface area contributed by atoms with E-state index in [2.05, 4.69) is 11.6 Å². The van der Waals surface area contributed by atoms with Crippen molar-refractivity contribution in [3.8, 4) is 0 Å². The Morgan fingerprint density at radius 2 is 2.10 bits per heavy atom. The van der Waals surface area contributed by atoms with Crippen molar-refractivity contribution in [1.29, 1.82) is 0 Å². The van der Waals surface area contributed by atoms with Crippen molar-refractivity contribution in [3.05, 3.63) is 0 Å². The standard InChI is InChI=1S/C7H17NOS/c1-10-7-5-8-4-2-3-6-9/h8-9H,2-7H2,1H3. The Kier molecular flexibility index (Phi) is 9.52. The number of rotatable bonds is 7. The van der Waals surface area contributed by atoms with Crippen LogP contribution >= 0.6 is 11.8 Å². The van der Waals surface area contributed by atoms with E-state index in [9.17, 15) is 0 Å². The molecule has 0 bridgehead atoms. The molecule has 0 fully saturated rings. The van der Waals surface area contributed by atoms with Crippen LogP contribution in [0.1, 0.15) is 12.8 Å². The highest BCUT2D eigenvalue weighted by atomic mass is 32.2. The lowest BCUT2D eigenvalue weighted by Crippen LogP contribution is -2.18. The molecule has 0 aliphatic carbocycles. The van der Waals surface area contributed by atoms with E-state index in [-0.39, 0.29) is 0 Å². The van der Waals surface area contributed by atoms with Crippen LogP contribution in [0.4, 0.5) is 0 Å². The fourth-order valence-electron chi connectivity index (χ4n) is 0.661. The van der Waals surface area contributed by atoms with Crippen LogP contribution < -0.4 is 5.32 Å². The summed E-state index contributed by atoms with van der Waals surface area (Å²) in [6.07, 6.45) is 4.12. The summed E-state index contributed by atoms with van der Waals surface area (Å²) in [5, 5.41) is 11.7. The Hall–Kier alpha value is 0.270. The Balaban J connectivity index is 2.65. The summed E-state index contributed by atoms with van der Waals surface area (Å²) in [6, 6.07) is 0. The summed E-state index contributed by atoms with van der Waals surface area (Å²) in [4.78, 5) is 0. The van der Waals surface area contributed by atoms with Gasteiger partial charge in [-0.2, -0.15) is 11.8 Å². The number of unbranched alkanes of at least 4 members (excludes halogenated alkanes) is 1. The molecule has 0 unspecified atom stereocenters. The number of aliphatic hydroxyl groups is 1. The predicted octanol–water partition coefficient (Wildman–Crippen LogP) is 0.711. The molecular weight excluding hydrogens is 146 g/mol. The number of aliphatic hydroxyl groups excluding tert-OH is 1. The van der Waals surface area contributed by atoms with E-state index < -0.39 is 0 Å². The zero-order valence-electron chi connectivity index (χ0n) is 6.60. The van der Waals surface area contributed by atoms with E-state index >= 15 is 0 Å². The fourth-order valence-corrected chi connectivity index (χ4v) is 1.01. The second kappa shape index (κ2) is 9.27. The lowest BCUT2D eigenvalue weighted by atomic mass is 10.3. The van der Waals surface area contributed by atoms with Crippen LogP contribution in [-0.4, -0.2) is 36.8 Å². The van der Waals surface area contributed by atoms with Crippen molar-refractivity contribution >= 4 is 11.8 Å². The van der Waals surface area contributed by atoms with Crippen LogP contribution in [0.15, 0.2) is 0 Å². The second-order valence-electron chi connectivity index (χ2n) is 2.17. The summed E-state index contributed by atoms with van der Waals surface area (Å²) in [5.74, 6) is 1.18. The smallest absolute Gasteiger partial charge is 0.0431 e. The lowest BCUT2D eigenvalue weighted by Gasteiger charge is -2.00. The van der Waals surface area contributed by atoms with E-state index in [1.54, 1.807) is 0 Å². The summed E-state index contributed by atoms with van der Waals surface area (Å²) in [6.45, 7) is 2.46. The zero-order chi connectivity index (χ0) is 7.66. The molecule has 2 nitrogen and oxygen atoms in total. The molecule has 0 aromatic carbocycles. The van der Waals surface area contributed by atoms with Gasteiger partial charge in [0.1, 0.15) is 0 Å². The number of hydrogen-bond acceptors (Lipinski definition) is 3. The van der Waals surface area contributed by atoms with Gasteiger partial charge in [-0.3, -0.25) is 0 Å². The van der Waals surface area contributed by atoms with E-state index in [0.29, 0.717) is 6.61 Å². The first kappa shape index (κ1) is 10.3. The first-order valence-corrected chi connectivity index (χ1v) is 5.11. The first-order chi connectivity index (χ1) is 4.91. The number of hydrogen-bond donors (Lipinski definition) is 2. The molecule has 0 atom stereocenters. The topological polar surface area (TPSA) is 32.3 Å². The molecule has 0 saturated heterocycles. The summed E-state index contributed by atoms with van der Waals surface area (Å²) in [5.41, 5.74) is 0. The summed E-state index contributed by atoms with van der Waals surface area (Å²) in [7, 11) is 0. The molecule has 0 rings (SSSR count). The molecule has 0 amide bonds. The minimum Gasteiger partial charge on any atom is -0.396 e. The monoisotopic (exact) mass is 163 g/mol. The highest BCUT2D eigenvalue weighted by molar-refractivity contribution is 7.98. The molecule has 0 spiro atoms. The van der Waals surface area contributed by atoms with Gasteiger partial charge in [-0.1, -0.05) is 0 Å². The van der Waals surface area contributed by atoms with Crippen LogP contribution in [-0.2, 0) is 0 Å². The average Bonchev–Trinajstić information content (AvgIpc) is 1.97. The third kappa shape index (κ3) is 8.27. The maximum Gasteiger partial charge on any atom is 0.0431 e. The number of thioether (sulfide) groups is 1. The van der Waals surface area contributed by atoms with Gasteiger partial charge in [-0.05, 0) is 25.6 Å². The molecule has 0 aliphatic heterocycles. The molecule has 0 aromatic heterocycles. The minimum atomic E-state index is 0.324. The second-order valence-corrected chi connectivity index (χ2v) is 3.16. The van der Waals surface area contributed by atoms with Crippen molar-refractivity contribution in [1.82, 2.24) is 5.32 Å². The largest absolute Gasteiger partial charge is 0.396 e. The van der Waals surface area contributed by atoms with Gasteiger partial charge in [0, 0.05) is 18.9 Å². The molecular formula is C7H17NOS. The Labute approximate surface area is 67.4 Å². The van der Waals surface area contributed by atoms with Crippen molar-refractivity contribution in [2.75, 3.05) is 31.7 Å². The van der Waals surface area contributed by atoms with Crippen LogP contribution in [0.5, 0.6) is 0 Å². The van der Waals surface area contributed by atoms with E-state index in [4.69, 9.17) is 5.11 Å². The predicted molar refractivity (Wildman–Crippen MR) is 47.6 cm³/mol. The molecule has 0 saturated carbocycles. The molecule has 62 valence electrons. The van der Waals surface area contributed by atoms with Gasteiger partial charge >= 0.3 is 0 Å². The SMILES string of the molecule is CSCCNCCCCO. The Bertz CT molecular complexity index is 53.6.